The first-order chi connectivity index (χ1) is 7.50. The van der Waals surface area contributed by atoms with Gasteiger partial charge in [0.15, 0.2) is 5.78 Å². The van der Waals surface area contributed by atoms with E-state index in [4.69, 9.17) is 9.47 Å². The number of hydrogen-bond acceptors (Lipinski definition) is 3. The summed E-state index contributed by atoms with van der Waals surface area (Å²) in [6.45, 7) is 5.56. The summed E-state index contributed by atoms with van der Waals surface area (Å²) >= 11 is 0. The van der Waals surface area contributed by atoms with Crippen molar-refractivity contribution in [3.63, 3.8) is 0 Å². The summed E-state index contributed by atoms with van der Waals surface area (Å²) in [5.74, 6) is 0.741. The quantitative estimate of drug-likeness (QED) is 0.537. The van der Waals surface area contributed by atoms with Crippen molar-refractivity contribution >= 4 is 5.78 Å². The van der Waals surface area contributed by atoms with Crippen molar-refractivity contribution in [2.45, 2.75) is 38.6 Å². The van der Waals surface area contributed by atoms with Gasteiger partial charge >= 0.3 is 0 Å². The zero-order valence-corrected chi connectivity index (χ0v) is 9.61. The number of fused-ring (bicyclic) bond motifs is 3. The highest BCUT2D eigenvalue weighted by atomic mass is 16.6. The minimum absolute atomic E-state index is 0.0340. The van der Waals surface area contributed by atoms with Crippen molar-refractivity contribution in [2.24, 2.45) is 0 Å². The van der Waals surface area contributed by atoms with Crippen LogP contribution in [0.3, 0.4) is 0 Å². The Morgan fingerprint density at radius 1 is 1.38 bits per heavy atom. The van der Waals surface area contributed by atoms with E-state index in [1.54, 1.807) is 13.0 Å². The SMILES string of the molecule is CC(=O)c1cccc2c1OC(C)(C)[C@@H]1O[C@H]21. The number of carbonyl (C=O) groups excluding carboxylic acids is 1. The lowest BCUT2D eigenvalue weighted by Gasteiger charge is -2.30. The monoisotopic (exact) mass is 218 g/mol. The number of benzene rings is 1. The highest BCUT2D eigenvalue weighted by Gasteiger charge is 2.57. The van der Waals surface area contributed by atoms with E-state index in [1.165, 1.54) is 0 Å². The Kier molecular flexibility index (Phi) is 1.76. The first-order valence-electron chi connectivity index (χ1n) is 5.49. The van der Waals surface area contributed by atoms with Crippen molar-refractivity contribution in [1.82, 2.24) is 0 Å². The Hall–Kier alpha value is -1.35. The maximum absolute atomic E-state index is 11.5. The molecule has 16 heavy (non-hydrogen) atoms. The molecule has 3 heteroatoms. The second-order valence-electron chi connectivity index (χ2n) is 4.96. The molecule has 2 atom stereocenters. The molecule has 3 nitrogen and oxygen atoms in total. The van der Waals surface area contributed by atoms with Crippen LogP contribution in [0.2, 0.25) is 0 Å². The second-order valence-corrected chi connectivity index (χ2v) is 4.96. The van der Waals surface area contributed by atoms with E-state index in [0.29, 0.717) is 11.3 Å². The molecular formula is C13H14O3. The zero-order valence-electron chi connectivity index (χ0n) is 9.61. The average Bonchev–Trinajstić information content (AvgIpc) is 2.96. The molecular weight excluding hydrogens is 204 g/mol. The molecule has 0 bridgehead atoms. The van der Waals surface area contributed by atoms with Crippen molar-refractivity contribution in [2.75, 3.05) is 0 Å². The predicted molar refractivity (Wildman–Crippen MR) is 58.8 cm³/mol. The van der Waals surface area contributed by atoms with E-state index in [1.807, 2.05) is 26.0 Å². The molecule has 1 saturated heterocycles. The van der Waals surface area contributed by atoms with Crippen LogP contribution in [-0.2, 0) is 4.74 Å². The maximum Gasteiger partial charge on any atom is 0.163 e. The molecule has 84 valence electrons. The highest BCUT2D eigenvalue weighted by molar-refractivity contribution is 5.97. The van der Waals surface area contributed by atoms with Crippen LogP contribution in [0.4, 0.5) is 0 Å². The van der Waals surface area contributed by atoms with Crippen LogP contribution in [-0.4, -0.2) is 17.5 Å². The predicted octanol–water partition coefficient (Wildman–Crippen LogP) is 2.50. The molecule has 1 aromatic rings. The largest absolute Gasteiger partial charge is 0.484 e. The minimum Gasteiger partial charge on any atom is -0.484 e. The standard InChI is InChI=1S/C13H14O3/c1-7(14)8-5-4-6-9-10(8)16-13(2,3)12-11(9)15-12/h4-6,11-12H,1-3H3/t11-,12-/m1/s1. The lowest BCUT2D eigenvalue weighted by atomic mass is 9.92. The van der Waals surface area contributed by atoms with Gasteiger partial charge in [0.25, 0.3) is 0 Å². The van der Waals surface area contributed by atoms with E-state index in [9.17, 15) is 4.79 Å². The molecule has 1 fully saturated rings. The lowest BCUT2D eigenvalue weighted by molar-refractivity contribution is 0.0704. The van der Waals surface area contributed by atoms with Crippen molar-refractivity contribution in [3.05, 3.63) is 29.3 Å². The first-order valence-corrected chi connectivity index (χ1v) is 5.49. The third-order valence-electron chi connectivity index (χ3n) is 3.27. The van der Waals surface area contributed by atoms with Crippen molar-refractivity contribution < 1.29 is 14.3 Å². The van der Waals surface area contributed by atoms with Gasteiger partial charge in [-0.3, -0.25) is 4.79 Å². The average molecular weight is 218 g/mol. The van der Waals surface area contributed by atoms with Gasteiger partial charge < -0.3 is 9.47 Å². The van der Waals surface area contributed by atoms with E-state index >= 15 is 0 Å². The van der Waals surface area contributed by atoms with Gasteiger partial charge in [-0.15, -0.1) is 0 Å². The van der Waals surface area contributed by atoms with Gasteiger partial charge in [0, 0.05) is 5.56 Å². The van der Waals surface area contributed by atoms with Crippen LogP contribution in [0.25, 0.3) is 0 Å². The third-order valence-corrected chi connectivity index (χ3v) is 3.27. The highest BCUT2D eigenvalue weighted by Crippen LogP contribution is 2.54. The van der Waals surface area contributed by atoms with E-state index in [0.717, 1.165) is 5.56 Å². The number of Topliss-reactive ketones (excluding diaryl/α,β-unsaturated/α-hetero) is 1. The summed E-state index contributed by atoms with van der Waals surface area (Å²) in [6, 6.07) is 5.66. The van der Waals surface area contributed by atoms with Crippen LogP contribution in [0, 0.1) is 0 Å². The number of ether oxygens (including phenoxy) is 2. The number of ketones is 1. The van der Waals surface area contributed by atoms with Crippen molar-refractivity contribution in [1.29, 1.82) is 0 Å². The zero-order chi connectivity index (χ0) is 11.5. The topological polar surface area (TPSA) is 38.8 Å². The van der Waals surface area contributed by atoms with Gasteiger partial charge in [-0.05, 0) is 26.8 Å². The van der Waals surface area contributed by atoms with Crippen LogP contribution in [0.15, 0.2) is 18.2 Å². The Morgan fingerprint density at radius 2 is 2.12 bits per heavy atom. The summed E-state index contributed by atoms with van der Waals surface area (Å²) in [7, 11) is 0. The van der Waals surface area contributed by atoms with Crippen LogP contribution in [0.5, 0.6) is 5.75 Å². The Balaban J connectivity index is 2.16. The molecule has 0 amide bonds. The lowest BCUT2D eigenvalue weighted by Crippen LogP contribution is -2.38. The molecule has 2 heterocycles. The molecule has 3 rings (SSSR count). The molecule has 0 N–H and O–H groups in total. The fourth-order valence-electron chi connectivity index (χ4n) is 2.37. The van der Waals surface area contributed by atoms with Gasteiger partial charge in [-0.2, -0.15) is 0 Å². The van der Waals surface area contributed by atoms with E-state index < -0.39 is 0 Å². The maximum atomic E-state index is 11.5. The van der Waals surface area contributed by atoms with Crippen LogP contribution < -0.4 is 4.74 Å². The fraction of sp³-hybridized carbons (Fsp3) is 0.462. The summed E-state index contributed by atoms with van der Waals surface area (Å²) in [6.07, 6.45) is 0.236. The summed E-state index contributed by atoms with van der Waals surface area (Å²) in [4.78, 5) is 11.5. The molecule has 0 spiro atoms. The van der Waals surface area contributed by atoms with Gasteiger partial charge in [-0.25, -0.2) is 0 Å². The van der Waals surface area contributed by atoms with Gasteiger partial charge in [0.2, 0.25) is 0 Å². The summed E-state index contributed by atoms with van der Waals surface area (Å²) in [5.41, 5.74) is 1.32. The van der Waals surface area contributed by atoms with E-state index in [2.05, 4.69) is 0 Å². The number of epoxide rings is 1. The van der Waals surface area contributed by atoms with Gasteiger partial charge in [-0.1, -0.05) is 12.1 Å². The van der Waals surface area contributed by atoms with Crippen molar-refractivity contribution in [3.8, 4) is 5.75 Å². The van der Waals surface area contributed by atoms with E-state index in [-0.39, 0.29) is 23.6 Å². The van der Waals surface area contributed by atoms with Gasteiger partial charge in [0.1, 0.15) is 23.6 Å². The second kappa shape index (κ2) is 2.86. The summed E-state index contributed by atoms with van der Waals surface area (Å²) in [5, 5.41) is 0. The smallest absolute Gasteiger partial charge is 0.163 e. The van der Waals surface area contributed by atoms with Crippen LogP contribution >= 0.6 is 0 Å². The molecule has 0 radical (unpaired) electrons. The number of carbonyl (C=O) groups is 1. The minimum atomic E-state index is -0.344. The third kappa shape index (κ3) is 1.21. The number of hydrogen-bond donors (Lipinski definition) is 0. The Labute approximate surface area is 94.4 Å². The number of para-hydroxylation sites is 1. The fourth-order valence-corrected chi connectivity index (χ4v) is 2.37. The molecule has 1 aromatic carbocycles. The molecule has 0 unspecified atom stereocenters. The Bertz CT molecular complexity index is 476. The van der Waals surface area contributed by atoms with Crippen LogP contribution in [0.1, 0.15) is 42.8 Å². The number of rotatable bonds is 1. The van der Waals surface area contributed by atoms with Gasteiger partial charge in [0.05, 0.1) is 5.56 Å². The molecule has 2 aliphatic rings. The molecule has 2 aliphatic heterocycles. The normalized spacial score (nSPS) is 28.7. The first kappa shape index (κ1) is 9.85. The Morgan fingerprint density at radius 3 is 2.81 bits per heavy atom. The molecule has 0 saturated carbocycles. The molecule has 0 aliphatic carbocycles. The molecule has 0 aromatic heterocycles. The summed E-state index contributed by atoms with van der Waals surface area (Å²) < 4.78 is 11.5.